The van der Waals surface area contributed by atoms with Crippen LogP contribution in [0.2, 0.25) is 0 Å². The van der Waals surface area contributed by atoms with E-state index in [1.54, 1.807) is 0 Å². The van der Waals surface area contributed by atoms with Gasteiger partial charge in [-0.15, -0.1) is 4.74 Å². The van der Waals surface area contributed by atoms with Crippen molar-refractivity contribution in [2.75, 3.05) is 0 Å². The highest BCUT2D eigenvalue weighted by Crippen LogP contribution is 2.22. The second-order valence-corrected chi connectivity index (χ2v) is 4.07. The van der Waals surface area contributed by atoms with Crippen LogP contribution in [0.1, 0.15) is 64.7 Å². The van der Waals surface area contributed by atoms with Crippen LogP contribution in [0.4, 0.5) is 0 Å². The van der Waals surface area contributed by atoms with E-state index in [0.717, 1.165) is 0 Å². The number of hydrogen-bond donors (Lipinski definition) is 0. The lowest BCUT2D eigenvalue weighted by Crippen LogP contribution is -1.85. The third kappa shape index (κ3) is 6.94. The molecule has 1 atom stereocenters. The lowest BCUT2D eigenvalue weighted by Gasteiger charge is -1.99. The van der Waals surface area contributed by atoms with E-state index in [0.29, 0.717) is 6.10 Å². The van der Waals surface area contributed by atoms with Crippen LogP contribution in [0.5, 0.6) is 0 Å². The van der Waals surface area contributed by atoms with Crippen LogP contribution in [0.25, 0.3) is 0 Å². The molecular formula is C12H23O+. The maximum absolute atomic E-state index is 5.04. The SMILES string of the molecule is CCCCCCCCCCC1[CH+]O1. The van der Waals surface area contributed by atoms with E-state index in [4.69, 9.17) is 4.74 Å². The van der Waals surface area contributed by atoms with Gasteiger partial charge in [-0.3, -0.25) is 0 Å². The van der Waals surface area contributed by atoms with Gasteiger partial charge < -0.3 is 0 Å². The topological polar surface area (TPSA) is 12.5 Å². The zero-order valence-electron chi connectivity index (χ0n) is 8.93. The van der Waals surface area contributed by atoms with Crippen molar-refractivity contribution in [3.8, 4) is 0 Å². The molecule has 1 rings (SSSR count). The van der Waals surface area contributed by atoms with Crippen molar-refractivity contribution in [2.24, 2.45) is 0 Å². The molecule has 1 fully saturated rings. The highest BCUT2D eigenvalue weighted by molar-refractivity contribution is 4.82. The molecule has 1 heterocycles. The Labute approximate surface area is 82.9 Å². The minimum absolute atomic E-state index is 0.528. The van der Waals surface area contributed by atoms with Gasteiger partial charge in [-0.25, -0.2) is 0 Å². The van der Waals surface area contributed by atoms with Crippen molar-refractivity contribution >= 4 is 0 Å². The molecule has 1 aliphatic heterocycles. The molecule has 0 N–H and O–H groups in total. The highest BCUT2D eigenvalue weighted by atomic mass is 16.6. The van der Waals surface area contributed by atoms with E-state index in [1.165, 1.54) is 57.8 Å². The molecular weight excluding hydrogens is 160 g/mol. The maximum atomic E-state index is 5.04. The summed E-state index contributed by atoms with van der Waals surface area (Å²) in [4.78, 5) is 0. The van der Waals surface area contributed by atoms with Gasteiger partial charge in [0.15, 0.2) is 0 Å². The van der Waals surface area contributed by atoms with Crippen LogP contribution in [-0.4, -0.2) is 6.10 Å². The van der Waals surface area contributed by atoms with Crippen molar-refractivity contribution in [1.29, 1.82) is 0 Å². The lowest BCUT2D eigenvalue weighted by atomic mass is 10.1. The molecule has 0 amide bonds. The fourth-order valence-electron chi connectivity index (χ4n) is 1.67. The van der Waals surface area contributed by atoms with Crippen molar-refractivity contribution in [1.82, 2.24) is 0 Å². The van der Waals surface area contributed by atoms with Gasteiger partial charge in [0.25, 0.3) is 12.7 Å². The third-order valence-corrected chi connectivity index (χ3v) is 2.67. The molecule has 13 heavy (non-hydrogen) atoms. The van der Waals surface area contributed by atoms with Gasteiger partial charge >= 0.3 is 0 Å². The summed E-state index contributed by atoms with van der Waals surface area (Å²) in [6.07, 6.45) is 13.1. The Morgan fingerprint density at radius 1 is 0.923 bits per heavy atom. The van der Waals surface area contributed by atoms with Gasteiger partial charge in [0.1, 0.15) is 0 Å². The van der Waals surface area contributed by atoms with Crippen molar-refractivity contribution in [3.63, 3.8) is 0 Å². The minimum Gasteiger partial charge on any atom is -0.139 e. The molecule has 0 aromatic heterocycles. The predicted molar refractivity (Wildman–Crippen MR) is 56.4 cm³/mol. The van der Waals surface area contributed by atoms with Gasteiger partial charge in [0.2, 0.25) is 0 Å². The van der Waals surface area contributed by atoms with E-state index >= 15 is 0 Å². The van der Waals surface area contributed by atoms with Crippen molar-refractivity contribution < 1.29 is 4.74 Å². The zero-order chi connectivity index (χ0) is 9.36. The van der Waals surface area contributed by atoms with E-state index in [2.05, 4.69) is 6.92 Å². The second-order valence-electron chi connectivity index (χ2n) is 4.07. The van der Waals surface area contributed by atoms with Gasteiger partial charge in [-0.2, -0.15) is 0 Å². The highest BCUT2D eigenvalue weighted by Gasteiger charge is 2.37. The normalized spacial score (nSPS) is 19.9. The molecule has 76 valence electrons. The molecule has 0 bridgehead atoms. The quantitative estimate of drug-likeness (QED) is 0.298. The molecule has 1 saturated heterocycles. The van der Waals surface area contributed by atoms with E-state index in [1.807, 2.05) is 6.61 Å². The summed E-state index contributed by atoms with van der Waals surface area (Å²) < 4.78 is 5.04. The van der Waals surface area contributed by atoms with Gasteiger partial charge in [0.05, 0.1) is 0 Å². The Bertz CT molecular complexity index is 108. The largest absolute Gasteiger partial charge is 0.275 e. The number of hydrogen-bond acceptors (Lipinski definition) is 1. The van der Waals surface area contributed by atoms with Crippen LogP contribution in [0.3, 0.4) is 0 Å². The first-order valence-corrected chi connectivity index (χ1v) is 5.92. The lowest BCUT2D eigenvalue weighted by molar-refractivity contribution is 0.399. The smallest absolute Gasteiger partial charge is 0.139 e. The average molecular weight is 183 g/mol. The first kappa shape index (κ1) is 10.9. The first-order valence-electron chi connectivity index (χ1n) is 5.92. The second kappa shape index (κ2) is 7.25. The fraction of sp³-hybridized carbons (Fsp3) is 0.917. The van der Waals surface area contributed by atoms with Crippen molar-refractivity contribution in [2.45, 2.75) is 70.8 Å². The molecule has 1 heteroatoms. The van der Waals surface area contributed by atoms with Crippen LogP contribution in [-0.2, 0) is 4.74 Å². The van der Waals surface area contributed by atoms with Gasteiger partial charge in [0, 0.05) is 6.42 Å². The Morgan fingerprint density at radius 2 is 1.46 bits per heavy atom. The number of epoxide rings is 1. The number of ether oxygens (including phenoxy) is 1. The molecule has 0 aliphatic carbocycles. The third-order valence-electron chi connectivity index (χ3n) is 2.67. The van der Waals surface area contributed by atoms with Crippen LogP contribution < -0.4 is 0 Å². The Hall–Kier alpha value is -0.170. The Morgan fingerprint density at radius 3 is 2.00 bits per heavy atom. The summed E-state index contributed by atoms with van der Waals surface area (Å²) in [6, 6.07) is 0. The van der Waals surface area contributed by atoms with Crippen LogP contribution in [0.15, 0.2) is 0 Å². The monoisotopic (exact) mass is 183 g/mol. The summed E-state index contributed by atoms with van der Waals surface area (Å²) in [6.45, 7) is 4.22. The van der Waals surface area contributed by atoms with E-state index in [-0.39, 0.29) is 0 Å². The molecule has 0 aromatic rings. The summed E-state index contributed by atoms with van der Waals surface area (Å²) in [7, 11) is 0. The van der Waals surface area contributed by atoms with Gasteiger partial charge in [-0.05, 0) is 6.42 Å². The Balaban J connectivity index is 1.63. The molecule has 0 saturated carbocycles. The van der Waals surface area contributed by atoms with E-state index in [9.17, 15) is 0 Å². The molecule has 1 unspecified atom stereocenters. The molecule has 0 spiro atoms. The molecule has 1 nitrogen and oxygen atoms in total. The average Bonchev–Trinajstić information content (AvgIpc) is 2.93. The summed E-state index contributed by atoms with van der Waals surface area (Å²) in [5, 5.41) is 0. The number of rotatable bonds is 9. The number of unbranched alkanes of at least 4 members (excludes halogenated alkanes) is 7. The van der Waals surface area contributed by atoms with Crippen LogP contribution in [0, 0.1) is 6.61 Å². The zero-order valence-corrected chi connectivity index (χ0v) is 8.93. The van der Waals surface area contributed by atoms with Crippen LogP contribution >= 0.6 is 0 Å². The fourth-order valence-corrected chi connectivity index (χ4v) is 1.67. The van der Waals surface area contributed by atoms with Gasteiger partial charge in [-0.1, -0.05) is 51.9 Å². The predicted octanol–water partition coefficient (Wildman–Crippen LogP) is 4.08. The molecule has 0 radical (unpaired) electrons. The Kier molecular flexibility index (Phi) is 6.09. The summed E-state index contributed by atoms with van der Waals surface area (Å²) in [5.41, 5.74) is 0. The first-order chi connectivity index (χ1) is 6.43. The minimum atomic E-state index is 0.528. The standard InChI is InChI=1S/C12H23O/c1-2-3-4-5-6-7-8-9-10-12-11-13-12/h11-12H,2-10H2,1H3/q+1. The van der Waals surface area contributed by atoms with Crippen molar-refractivity contribution in [3.05, 3.63) is 6.61 Å². The molecule has 1 aliphatic rings. The summed E-state index contributed by atoms with van der Waals surface area (Å²) >= 11 is 0. The van der Waals surface area contributed by atoms with E-state index < -0.39 is 0 Å². The summed E-state index contributed by atoms with van der Waals surface area (Å²) in [5.74, 6) is 0. The molecule has 0 aromatic carbocycles. The maximum Gasteiger partial charge on any atom is 0.275 e.